The minimum atomic E-state index is -0.498. The van der Waals surface area contributed by atoms with E-state index in [1.54, 1.807) is 24.3 Å². The number of primary amides is 1. The van der Waals surface area contributed by atoms with Crippen LogP contribution in [0.2, 0.25) is 0 Å². The van der Waals surface area contributed by atoms with E-state index in [0.717, 1.165) is 25.8 Å². The molecule has 2 rings (SSSR count). The van der Waals surface area contributed by atoms with Gasteiger partial charge < -0.3 is 16.4 Å². The van der Waals surface area contributed by atoms with Crippen molar-refractivity contribution in [2.45, 2.75) is 25.3 Å². The van der Waals surface area contributed by atoms with Gasteiger partial charge in [0.25, 0.3) is 0 Å². The van der Waals surface area contributed by atoms with Crippen LogP contribution < -0.4 is 16.4 Å². The Bertz CT molecular complexity index is 459. The van der Waals surface area contributed by atoms with Gasteiger partial charge in [-0.3, -0.25) is 9.59 Å². The van der Waals surface area contributed by atoms with Crippen molar-refractivity contribution in [2.24, 2.45) is 5.73 Å². The highest BCUT2D eigenvalue weighted by molar-refractivity contribution is 5.97. The lowest BCUT2D eigenvalue weighted by Crippen LogP contribution is -2.43. The second-order valence-electron chi connectivity index (χ2n) is 4.44. The van der Waals surface area contributed by atoms with Crippen molar-refractivity contribution in [3.8, 4) is 0 Å². The molecule has 1 heterocycles. The first kappa shape index (κ1) is 15.5. The predicted octanol–water partition coefficient (Wildman–Crippen LogP) is 1.29. The molecule has 0 bridgehead atoms. The van der Waals surface area contributed by atoms with Gasteiger partial charge in [0.05, 0.1) is 6.04 Å². The Kier molecular flexibility index (Phi) is 5.79. The third kappa shape index (κ3) is 4.22. The van der Waals surface area contributed by atoms with Gasteiger partial charge >= 0.3 is 0 Å². The van der Waals surface area contributed by atoms with Gasteiger partial charge in [-0.1, -0.05) is 12.5 Å². The molecule has 0 aliphatic carbocycles. The molecule has 0 radical (unpaired) electrons. The van der Waals surface area contributed by atoms with Crippen molar-refractivity contribution in [3.63, 3.8) is 0 Å². The number of benzene rings is 1. The predicted molar refractivity (Wildman–Crippen MR) is 76.5 cm³/mol. The van der Waals surface area contributed by atoms with E-state index >= 15 is 0 Å². The first-order valence-corrected chi connectivity index (χ1v) is 6.11. The number of carbonyl (C=O) groups is 2. The van der Waals surface area contributed by atoms with E-state index in [4.69, 9.17) is 5.73 Å². The van der Waals surface area contributed by atoms with Gasteiger partial charge in [-0.2, -0.15) is 0 Å². The standard InChI is InChI=1S/C13H17N3O2.ClH/c14-12(17)9-4-3-5-10(8-9)16-13(18)11-6-1-2-7-15-11;/h3-5,8,11,15H,1-2,6-7H2,(H2,14,17)(H,16,18);1H/t11-;/m1./s1. The van der Waals surface area contributed by atoms with Crippen LogP contribution in [0, 0.1) is 0 Å². The quantitative estimate of drug-likeness (QED) is 0.781. The van der Waals surface area contributed by atoms with E-state index in [9.17, 15) is 9.59 Å². The summed E-state index contributed by atoms with van der Waals surface area (Å²) < 4.78 is 0. The van der Waals surface area contributed by atoms with Crippen LogP contribution in [-0.4, -0.2) is 24.4 Å². The Morgan fingerprint density at radius 1 is 1.32 bits per heavy atom. The molecule has 0 saturated carbocycles. The van der Waals surface area contributed by atoms with Gasteiger partial charge in [0, 0.05) is 11.3 Å². The fourth-order valence-corrected chi connectivity index (χ4v) is 2.06. The zero-order valence-corrected chi connectivity index (χ0v) is 11.3. The largest absolute Gasteiger partial charge is 0.366 e. The van der Waals surface area contributed by atoms with Gasteiger partial charge in [0.15, 0.2) is 0 Å². The number of hydrogen-bond acceptors (Lipinski definition) is 3. The monoisotopic (exact) mass is 283 g/mol. The zero-order valence-electron chi connectivity index (χ0n) is 10.5. The number of carbonyl (C=O) groups excluding carboxylic acids is 2. The van der Waals surface area contributed by atoms with Gasteiger partial charge in [-0.15, -0.1) is 12.4 Å². The maximum atomic E-state index is 12.0. The number of rotatable bonds is 3. The molecule has 5 nitrogen and oxygen atoms in total. The summed E-state index contributed by atoms with van der Waals surface area (Å²) >= 11 is 0. The molecular weight excluding hydrogens is 266 g/mol. The number of halogens is 1. The summed E-state index contributed by atoms with van der Waals surface area (Å²) in [6.45, 7) is 0.874. The molecular formula is C13H18ClN3O2. The molecule has 104 valence electrons. The molecule has 1 aromatic rings. The highest BCUT2D eigenvalue weighted by Gasteiger charge is 2.20. The lowest BCUT2D eigenvalue weighted by Gasteiger charge is -2.22. The lowest BCUT2D eigenvalue weighted by molar-refractivity contribution is -0.118. The number of hydrogen-bond donors (Lipinski definition) is 3. The van der Waals surface area contributed by atoms with E-state index < -0.39 is 5.91 Å². The second-order valence-corrected chi connectivity index (χ2v) is 4.44. The van der Waals surface area contributed by atoms with Crippen LogP contribution in [0.3, 0.4) is 0 Å². The van der Waals surface area contributed by atoms with Crippen molar-refractivity contribution < 1.29 is 9.59 Å². The minimum absolute atomic E-state index is 0. The van der Waals surface area contributed by atoms with Crippen LogP contribution in [0.15, 0.2) is 24.3 Å². The second kappa shape index (κ2) is 7.11. The first-order chi connectivity index (χ1) is 8.66. The summed E-state index contributed by atoms with van der Waals surface area (Å²) in [5, 5.41) is 5.97. The Labute approximate surface area is 118 Å². The van der Waals surface area contributed by atoms with Gasteiger partial charge in [-0.25, -0.2) is 0 Å². The molecule has 1 aliphatic rings. The molecule has 2 amide bonds. The van der Waals surface area contributed by atoms with Crippen molar-refractivity contribution in [3.05, 3.63) is 29.8 Å². The van der Waals surface area contributed by atoms with Crippen LogP contribution in [-0.2, 0) is 4.79 Å². The SMILES string of the molecule is Cl.NC(=O)c1cccc(NC(=O)[C@H]2CCCCN2)c1. The molecule has 0 spiro atoms. The van der Waals surface area contributed by atoms with Gasteiger partial charge in [0.2, 0.25) is 11.8 Å². The van der Waals surface area contributed by atoms with E-state index in [-0.39, 0.29) is 24.4 Å². The van der Waals surface area contributed by atoms with Gasteiger partial charge in [-0.05, 0) is 37.6 Å². The van der Waals surface area contributed by atoms with Crippen LogP contribution in [0.4, 0.5) is 5.69 Å². The molecule has 1 aliphatic heterocycles. The van der Waals surface area contributed by atoms with Crippen molar-refractivity contribution in [1.29, 1.82) is 0 Å². The van der Waals surface area contributed by atoms with Crippen molar-refractivity contribution >= 4 is 29.9 Å². The summed E-state index contributed by atoms with van der Waals surface area (Å²) in [5.41, 5.74) is 6.19. The summed E-state index contributed by atoms with van der Waals surface area (Å²) in [6.07, 6.45) is 3.02. The number of nitrogens with two attached hydrogens (primary N) is 1. The average molecular weight is 284 g/mol. The van der Waals surface area contributed by atoms with E-state index in [1.165, 1.54) is 0 Å². The van der Waals surface area contributed by atoms with Gasteiger partial charge in [0.1, 0.15) is 0 Å². The number of amides is 2. The molecule has 1 aromatic carbocycles. The number of anilines is 1. The fraction of sp³-hybridized carbons (Fsp3) is 0.385. The number of nitrogens with one attached hydrogen (secondary N) is 2. The Balaban J connectivity index is 0.00000180. The first-order valence-electron chi connectivity index (χ1n) is 6.11. The smallest absolute Gasteiger partial charge is 0.248 e. The molecule has 19 heavy (non-hydrogen) atoms. The summed E-state index contributed by atoms with van der Waals surface area (Å²) in [5.74, 6) is -0.557. The molecule has 6 heteroatoms. The highest BCUT2D eigenvalue weighted by Crippen LogP contribution is 2.13. The highest BCUT2D eigenvalue weighted by atomic mass is 35.5. The zero-order chi connectivity index (χ0) is 13.0. The minimum Gasteiger partial charge on any atom is -0.366 e. The summed E-state index contributed by atoms with van der Waals surface area (Å²) in [4.78, 5) is 23.0. The molecule has 0 unspecified atom stereocenters. The molecule has 1 atom stereocenters. The third-order valence-corrected chi connectivity index (χ3v) is 3.04. The average Bonchev–Trinajstić information content (AvgIpc) is 2.40. The van der Waals surface area contributed by atoms with E-state index in [1.807, 2.05) is 0 Å². The Morgan fingerprint density at radius 3 is 2.74 bits per heavy atom. The van der Waals surface area contributed by atoms with Crippen molar-refractivity contribution in [2.75, 3.05) is 11.9 Å². The molecule has 4 N–H and O–H groups in total. The summed E-state index contributed by atoms with van der Waals surface area (Å²) in [7, 11) is 0. The molecule has 0 aromatic heterocycles. The van der Waals surface area contributed by atoms with E-state index in [2.05, 4.69) is 10.6 Å². The topological polar surface area (TPSA) is 84.2 Å². The normalized spacial score (nSPS) is 18.2. The van der Waals surface area contributed by atoms with E-state index in [0.29, 0.717) is 11.3 Å². The Hall–Kier alpha value is -1.59. The fourth-order valence-electron chi connectivity index (χ4n) is 2.06. The Morgan fingerprint density at radius 2 is 2.11 bits per heavy atom. The lowest BCUT2D eigenvalue weighted by atomic mass is 10.0. The third-order valence-electron chi connectivity index (χ3n) is 3.04. The summed E-state index contributed by atoms with van der Waals surface area (Å²) in [6, 6.07) is 6.51. The maximum Gasteiger partial charge on any atom is 0.248 e. The van der Waals surface area contributed by atoms with Crippen LogP contribution in [0.1, 0.15) is 29.6 Å². The molecule has 1 fully saturated rings. The maximum absolute atomic E-state index is 12.0. The van der Waals surface area contributed by atoms with Crippen LogP contribution in [0.25, 0.3) is 0 Å². The van der Waals surface area contributed by atoms with Crippen LogP contribution in [0.5, 0.6) is 0 Å². The van der Waals surface area contributed by atoms with Crippen molar-refractivity contribution in [1.82, 2.24) is 5.32 Å². The number of piperidine rings is 1. The van der Waals surface area contributed by atoms with Crippen LogP contribution >= 0.6 is 12.4 Å². The molecule has 1 saturated heterocycles.